The monoisotopic (exact) mass is 429 g/mol. The zero-order chi connectivity index (χ0) is 22.5. The molecule has 0 aliphatic carbocycles. The summed E-state index contributed by atoms with van der Waals surface area (Å²) in [6, 6.07) is 24.1. The fourth-order valence-electron chi connectivity index (χ4n) is 3.61. The van der Waals surface area contributed by atoms with Gasteiger partial charge in [-0.2, -0.15) is 5.10 Å². The number of hydrogen-bond donors (Lipinski definition) is 3. The second-order valence-electron chi connectivity index (χ2n) is 7.60. The third-order valence-corrected chi connectivity index (χ3v) is 5.45. The van der Waals surface area contributed by atoms with Crippen LogP contribution < -0.4 is 16.3 Å². The summed E-state index contributed by atoms with van der Waals surface area (Å²) in [6.07, 6.45) is 0.571. The lowest BCUT2D eigenvalue weighted by Gasteiger charge is -2.11. The van der Waals surface area contributed by atoms with E-state index in [0.29, 0.717) is 17.7 Å². The van der Waals surface area contributed by atoms with Gasteiger partial charge in [0.05, 0.1) is 10.6 Å². The zero-order valence-electron chi connectivity index (χ0n) is 17.5. The Bertz CT molecular complexity index is 1150. The number of hydrazine groups is 1. The molecular weight excluding hydrogens is 406 g/mol. The number of hydrazone groups is 1. The van der Waals surface area contributed by atoms with Gasteiger partial charge >= 0.3 is 0 Å². The number of nitro groups is 1. The second-order valence-corrected chi connectivity index (χ2v) is 7.60. The van der Waals surface area contributed by atoms with Crippen molar-refractivity contribution in [1.82, 2.24) is 16.3 Å². The van der Waals surface area contributed by atoms with Crippen LogP contribution in [-0.2, 0) is 4.79 Å². The van der Waals surface area contributed by atoms with E-state index >= 15 is 0 Å². The number of nitrogens with one attached hydrogen (secondary N) is 3. The first kappa shape index (κ1) is 21.4. The third-order valence-electron chi connectivity index (χ3n) is 5.45. The fourth-order valence-corrected chi connectivity index (χ4v) is 3.61. The number of non-ortho nitro benzene ring substituents is 1. The molecule has 162 valence electrons. The van der Waals surface area contributed by atoms with E-state index in [-0.39, 0.29) is 17.6 Å². The molecule has 8 heteroatoms. The molecule has 2 atom stereocenters. The van der Waals surface area contributed by atoms with Gasteiger partial charge in [0.15, 0.2) is 0 Å². The van der Waals surface area contributed by atoms with Gasteiger partial charge in [0.1, 0.15) is 6.04 Å². The molecule has 0 aromatic heterocycles. The van der Waals surface area contributed by atoms with Crippen LogP contribution in [0.2, 0.25) is 0 Å². The first-order valence-corrected chi connectivity index (χ1v) is 10.3. The van der Waals surface area contributed by atoms with Crippen LogP contribution in [0.15, 0.2) is 84.0 Å². The van der Waals surface area contributed by atoms with Crippen molar-refractivity contribution in [3.05, 3.63) is 100 Å². The van der Waals surface area contributed by atoms with E-state index < -0.39 is 11.0 Å². The maximum atomic E-state index is 12.5. The maximum Gasteiger partial charge on any atom is 0.270 e. The Kier molecular flexibility index (Phi) is 6.34. The predicted molar refractivity (Wildman–Crippen MR) is 123 cm³/mol. The summed E-state index contributed by atoms with van der Waals surface area (Å²) in [4.78, 5) is 23.0. The van der Waals surface area contributed by atoms with Gasteiger partial charge in [0.25, 0.3) is 11.6 Å². The van der Waals surface area contributed by atoms with E-state index in [0.717, 1.165) is 16.7 Å². The zero-order valence-corrected chi connectivity index (χ0v) is 17.5. The Morgan fingerprint density at radius 1 is 1.00 bits per heavy atom. The van der Waals surface area contributed by atoms with Gasteiger partial charge < -0.3 is 0 Å². The number of nitrogens with zero attached hydrogens (tertiary/aromatic N) is 2. The minimum Gasteiger partial charge on any atom is -0.271 e. The van der Waals surface area contributed by atoms with Crippen LogP contribution in [0.5, 0.6) is 0 Å². The molecule has 1 amide bonds. The first-order valence-electron chi connectivity index (χ1n) is 10.3. The van der Waals surface area contributed by atoms with Crippen molar-refractivity contribution in [1.29, 1.82) is 0 Å². The topological polar surface area (TPSA) is 109 Å². The van der Waals surface area contributed by atoms with E-state index in [2.05, 4.69) is 57.8 Å². The minimum atomic E-state index is -0.462. The van der Waals surface area contributed by atoms with Crippen LogP contribution in [0, 0.1) is 10.1 Å². The number of amides is 1. The highest BCUT2D eigenvalue weighted by Gasteiger charge is 2.30. The van der Waals surface area contributed by atoms with Gasteiger partial charge in [-0.15, -0.1) is 0 Å². The van der Waals surface area contributed by atoms with Crippen LogP contribution >= 0.6 is 0 Å². The van der Waals surface area contributed by atoms with Crippen molar-refractivity contribution in [2.24, 2.45) is 5.10 Å². The summed E-state index contributed by atoms with van der Waals surface area (Å²) >= 11 is 0. The molecule has 3 N–H and O–H groups in total. The Balaban J connectivity index is 1.36. The lowest BCUT2D eigenvalue weighted by atomic mass is 9.98. The highest BCUT2D eigenvalue weighted by molar-refractivity contribution is 5.99. The summed E-state index contributed by atoms with van der Waals surface area (Å²) in [5.74, 6) is -0.273. The van der Waals surface area contributed by atoms with Crippen molar-refractivity contribution in [2.45, 2.75) is 25.4 Å². The van der Waals surface area contributed by atoms with Gasteiger partial charge in [-0.3, -0.25) is 14.9 Å². The van der Waals surface area contributed by atoms with Crippen molar-refractivity contribution >= 4 is 17.3 Å². The molecule has 1 saturated heterocycles. The summed E-state index contributed by atoms with van der Waals surface area (Å²) in [7, 11) is 0. The molecular formula is C24H23N5O3. The normalized spacial score (nSPS) is 18.3. The molecule has 8 nitrogen and oxygen atoms in total. The number of carbonyl (C=O) groups is 1. The van der Waals surface area contributed by atoms with E-state index in [9.17, 15) is 14.9 Å². The molecule has 0 saturated carbocycles. The maximum absolute atomic E-state index is 12.5. The summed E-state index contributed by atoms with van der Waals surface area (Å²) < 4.78 is 0. The molecule has 3 aromatic rings. The van der Waals surface area contributed by atoms with Gasteiger partial charge in [-0.1, -0.05) is 66.7 Å². The lowest BCUT2D eigenvalue weighted by molar-refractivity contribution is -0.384. The lowest BCUT2D eigenvalue weighted by Crippen LogP contribution is -2.41. The smallest absolute Gasteiger partial charge is 0.270 e. The van der Waals surface area contributed by atoms with Crippen LogP contribution in [0.1, 0.15) is 30.5 Å². The highest BCUT2D eigenvalue weighted by Crippen LogP contribution is 2.26. The largest absolute Gasteiger partial charge is 0.271 e. The Morgan fingerprint density at radius 2 is 1.72 bits per heavy atom. The average molecular weight is 429 g/mol. The minimum absolute atomic E-state index is 0.00239. The third kappa shape index (κ3) is 4.88. The Labute approximate surface area is 185 Å². The molecule has 1 heterocycles. The molecule has 0 spiro atoms. The van der Waals surface area contributed by atoms with Crippen LogP contribution in [-0.4, -0.2) is 22.6 Å². The van der Waals surface area contributed by atoms with Gasteiger partial charge in [-0.05, 0) is 30.0 Å². The molecule has 1 aliphatic rings. The molecule has 4 rings (SSSR count). The van der Waals surface area contributed by atoms with Crippen molar-refractivity contribution in [3.8, 4) is 11.1 Å². The molecule has 1 fully saturated rings. The average Bonchev–Trinajstić information content (AvgIpc) is 3.33. The van der Waals surface area contributed by atoms with Crippen LogP contribution in [0.25, 0.3) is 11.1 Å². The van der Waals surface area contributed by atoms with Crippen molar-refractivity contribution in [2.75, 3.05) is 0 Å². The first-order chi connectivity index (χ1) is 15.5. The number of rotatable bonds is 6. The van der Waals surface area contributed by atoms with Gasteiger partial charge in [0, 0.05) is 23.7 Å². The van der Waals surface area contributed by atoms with Crippen molar-refractivity contribution in [3.63, 3.8) is 0 Å². The Morgan fingerprint density at radius 3 is 2.44 bits per heavy atom. The quantitative estimate of drug-likeness (QED) is 0.314. The fraction of sp³-hybridized carbons (Fsp3) is 0.167. The molecule has 2 unspecified atom stereocenters. The number of benzene rings is 3. The molecule has 3 aromatic carbocycles. The molecule has 32 heavy (non-hydrogen) atoms. The standard InChI is InChI=1S/C24H23N5O3/c1-16(20-8-5-9-21(14-20)29(31)32)25-28-24(30)23-15-22(26-27-23)19-12-10-18(11-13-19)17-6-3-2-4-7-17/h2-14,22-23,26-27H,15H2,1H3,(H,28,30)/b25-16+. The van der Waals surface area contributed by atoms with E-state index in [4.69, 9.17) is 0 Å². The number of hydrogen-bond acceptors (Lipinski definition) is 6. The SMILES string of the molecule is C/C(=N\NC(=O)C1CC(c2ccc(-c3ccccc3)cc2)NN1)c1cccc([N+](=O)[O-])c1. The van der Waals surface area contributed by atoms with Crippen molar-refractivity contribution < 1.29 is 9.72 Å². The molecule has 0 bridgehead atoms. The molecule has 0 radical (unpaired) electrons. The van der Waals surface area contributed by atoms with Crippen LogP contribution in [0.3, 0.4) is 0 Å². The number of nitro benzene ring substituents is 1. The molecule has 1 aliphatic heterocycles. The second kappa shape index (κ2) is 9.51. The van der Waals surface area contributed by atoms with Crippen LogP contribution in [0.4, 0.5) is 5.69 Å². The van der Waals surface area contributed by atoms with Gasteiger partial charge in [0.2, 0.25) is 0 Å². The Hall–Kier alpha value is -3.88. The van der Waals surface area contributed by atoms with Gasteiger partial charge in [-0.25, -0.2) is 16.3 Å². The summed E-state index contributed by atoms with van der Waals surface area (Å²) in [6.45, 7) is 1.69. The predicted octanol–water partition coefficient (Wildman–Crippen LogP) is 3.71. The van der Waals surface area contributed by atoms with E-state index in [1.165, 1.54) is 12.1 Å². The highest BCUT2D eigenvalue weighted by atomic mass is 16.6. The summed E-state index contributed by atoms with van der Waals surface area (Å²) in [5, 5.41) is 15.0. The van der Waals surface area contributed by atoms with E-state index in [1.54, 1.807) is 19.1 Å². The number of carbonyl (C=O) groups excluding carboxylic acids is 1. The van der Waals surface area contributed by atoms with E-state index in [1.807, 2.05) is 18.2 Å². The summed E-state index contributed by atoms with van der Waals surface area (Å²) in [5.41, 5.74) is 13.2.